The number of non-ortho nitro benzene ring substituents is 1. The maximum Gasteiger partial charge on any atom is 0.336 e. The summed E-state index contributed by atoms with van der Waals surface area (Å²) >= 11 is 0. The number of nitro groups is 1. The number of esters is 2. The Hall–Kier alpha value is -4.50. The average Bonchev–Trinajstić information content (AvgIpc) is 3.16. The Kier molecular flexibility index (Phi) is 16.1. The third kappa shape index (κ3) is 12.3. The fraction of sp³-hybridized carbons (Fsp3) is 0.385. The molecule has 0 saturated heterocycles. The molecule has 0 aliphatic carbocycles. The lowest BCUT2D eigenvalue weighted by Crippen LogP contribution is -2.33. The van der Waals surface area contributed by atoms with Gasteiger partial charge in [-0.3, -0.25) is 18.5 Å². The zero-order valence-electron chi connectivity index (χ0n) is 30.7. The van der Waals surface area contributed by atoms with E-state index >= 15 is 0 Å². The number of dihydropyridines is 1. The van der Waals surface area contributed by atoms with Crippen LogP contribution in [0, 0.1) is 10.1 Å². The van der Waals surface area contributed by atoms with Crippen LogP contribution in [0.15, 0.2) is 117 Å². The van der Waals surface area contributed by atoms with Crippen molar-refractivity contribution in [2.24, 2.45) is 0 Å². The summed E-state index contributed by atoms with van der Waals surface area (Å²) in [4.78, 5) is 44.3. The van der Waals surface area contributed by atoms with Gasteiger partial charge in [-0.2, -0.15) is 0 Å². The van der Waals surface area contributed by atoms with E-state index in [1.807, 2.05) is 84.6 Å². The predicted molar refractivity (Wildman–Crippen MR) is 206 cm³/mol. The summed E-state index contributed by atoms with van der Waals surface area (Å²) in [5.41, 5.74) is 1.48. The molecular formula is C39H48N4O8S2. The minimum atomic E-state index is -1.11. The molecule has 14 heteroatoms. The highest BCUT2D eigenvalue weighted by Gasteiger charge is 2.38. The van der Waals surface area contributed by atoms with Gasteiger partial charge in [-0.05, 0) is 70.6 Å². The molecule has 3 aromatic carbocycles. The van der Waals surface area contributed by atoms with Gasteiger partial charge < -0.3 is 24.6 Å². The fourth-order valence-corrected chi connectivity index (χ4v) is 8.27. The first kappa shape index (κ1) is 41.3. The number of hydrogen-bond donors (Lipinski definition) is 1. The molecule has 0 radical (unpaired) electrons. The van der Waals surface area contributed by atoms with Gasteiger partial charge in [0.05, 0.1) is 56.8 Å². The van der Waals surface area contributed by atoms with Crippen LogP contribution in [0.4, 0.5) is 5.69 Å². The van der Waals surface area contributed by atoms with Crippen LogP contribution >= 0.6 is 0 Å². The lowest BCUT2D eigenvalue weighted by molar-refractivity contribution is -0.384. The van der Waals surface area contributed by atoms with Crippen molar-refractivity contribution in [1.82, 2.24) is 15.1 Å². The van der Waals surface area contributed by atoms with Crippen molar-refractivity contribution >= 4 is 39.2 Å². The molecule has 284 valence electrons. The molecule has 1 heterocycles. The highest BCUT2D eigenvalue weighted by atomic mass is 32.2. The van der Waals surface area contributed by atoms with Crippen LogP contribution in [0.1, 0.15) is 38.2 Å². The number of carbonyl (C=O) groups excluding carboxylic acids is 2. The number of allylic oxidation sites excluding steroid dienone is 2. The Morgan fingerprint density at radius 1 is 0.717 bits per heavy atom. The summed E-state index contributed by atoms with van der Waals surface area (Å²) in [6.07, 6.45) is 1.03. The van der Waals surface area contributed by atoms with E-state index < -0.39 is 44.4 Å². The van der Waals surface area contributed by atoms with Gasteiger partial charge in [-0.25, -0.2) is 9.59 Å². The summed E-state index contributed by atoms with van der Waals surface area (Å²) < 4.78 is 36.6. The molecule has 1 aliphatic heterocycles. The van der Waals surface area contributed by atoms with Gasteiger partial charge in [-0.15, -0.1) is 0 Å². The van der Waals surface area contributed by atoms with Gasteiger partial charge in [0, 0.05) is 71.0 Å². The van der Waals surface area contributed by atoms with Gasteiger partial charge in [0.2, 0.25) is 0 Å². The second-order valence-electron chi connectivity index (χ2n) is 12.8. The Morgan fingerprint density at radius 2 is 1.17 bits per heavy atom. The minimum Gasteiger partial charge on any atom is -0.462 e. The monoisotopic (exact) mass is 764 g/mol. The van der Waals surface area contributed by atoms with E-state index in [2.05, 4.69) is 5.32 Å². The van der Waals surface area contributed by atoms with Gasteiger partial charge in [0.25, 0.3) is 5.69 Å². The topological polar surface area (TPSA) is 148 Å². The standard InChI is InChI=1S/C39H48N4O8S2/c1-29-35(38(44)50-24-12-20-41(3)22-26-52(48)33-16-7-5-8-17-33)37(31-14-11-15-32(28-31)43(46)47)36(30(2)40-29)39(45)51-25-13-21-42(4)23-27-53(49)34-18-9-6-10-19-34/h5-11,14-19,28,37,40H,12-13,20-27H2,1-4H3. The van der Waals surface area contributed by atoms with Crippen LogP contribution < -0.4 is 5.32 Å². The molecule has 4 rings (SSSR count). The van der Waals surface area contributed by atoms with Crippen molar-refractivity contribution in [3.05, 3.63) is 123 Å². The SMILES string of the molecule is CC1=C(C(=O)OCCCN(C)CCS(=O)c2ccccc2)C(c2cccc([N+](=O)[O-])c2)C(C(=O)OCCCN(C)CCS(=O)c2ccccc2)=C(C)N1. The minimum absolute atomic E-state index is 0.0956. The number of nitrogens with one attached hydrogen (secondary N) is 1. The van der Waals surface area contributed by atoms with E-state index in [4.69, 9.17) is 9.47 Å². The normalized spacial score (nSPS) is 15.6. The molecule has 0 bridgehead atoms. The first-order valence-corrected chi connectivity index (χ1v) is 20.1. The Balaban J connectivity index is 1.36. The molecule has 0 spiro atoms. The van der Waals surface area contributed by atoms with E-state index in [0.29, 0.717) is 67.5 Å². The first-order valence-electron chi connectivity index (χ1n) is 17.5. The zero-order valence-corrected chi connectivity index (χ0v) is 32.3. The van der Waals surface area contributed by atoms with Gasteiger partial charge in [0.15, 0.2) is 0 Å². The number of rotatable bonds is 20. The van der Waals surface area contributed by atoms with Crippen LogP contribution in [0.3, 0.4) is 0 Å². The molecule has 1 aliphatic rings. The zero-order chi connectivity index (χ0) is 38.3. The molecule has 3 aromatic rings. The molecule has 0 fully saturated rings. The van der Waals surface area contributed by atoms with Gasteiger partial charge in [-0.1, -0.05) is 48.5 Å². The smallest absolute Gasteiger partial charge is 0.336 e. The first-order chi connectivity index (χ1) is 25.5. The highest BCUT2D eigenvalue weighted by Crippen LogP contribution is 2.40. The van der Waals surface area contributed by atoms with Crippen molar-refractivity contribution in [3.63, 3.8) is 0 Å². The van der Waals surface area contributed by atoms with Crippen LogP contribution in [0.2, 0.25) is 0 Å². The molecule has 12 nitrogen and oxygen atoms in total. The van der Waals surface area contributed by atoms with E-state index in [1.165, 1.54) is 18.2 Å². The van der Waals surface area contributed by atoms with Crippen LogP contribution in [-0.2, 0) is 40.7 Å². The molecule has 0 amide bonds. The summed E-state index contributed by atoms with van der Waals surface area (Å²) in [6.45, 7) is 5.98. The molecule has 1 N–H and O–H groups in total. The predicted octanol–water partition coefficient (Wildman–Crippen LogP) is 5.18. The maximum absolute atomic E-state index is 13.7. The molecule has 53 heavy (non-hydrogen) atoms. The number of ether oxygens (including phenoxy) is 2. The summed E-state index contributed by atoms with van der Waals surface area (Å²) in [5.74, 6) is -1.32. The Bertz CT molecular complexity index is 1730. The molecule has 2 unspecified atom stereocenters. The van der Waals surface area contributed by atoms with Crippen molar-refractivity contribution in [2.45, 2.75) is 42.4 Å². The average molecular weight is 765 g/mol. The molecule has 2 atom stereocenters. The van der Waals surface area contributed by atoms with E-state index in [9.17, 15) is 28.1 Å². The summed E-state index contributed by atoms with van der Waals surface area (Å²) in [6, 6.07) is 24.5. The summed E-state index contributed by atoms with van der Waals surface area (Å²) in [7, 11) is 1.60. The van der Waals surface area contributed by atoms with Crippen LogP contribution in [0.25, 0.3) is 0 Å². The summed E-state index contributed by atoms with van der Waals surface area (Å²) in [5, 5.41) is 14.8. The van der Waals surface area contributed by atoms with Gasteiger partial charge in [0.1, 0.15) is 0 Å². The van der Waals surface area contributed by atoms with Crippen molar-refractivity contribution in [3.8, 4) is 0 Å². The number of hydrogen-bond acceptors (Lipinski definition) is 11. The third-order valence-corrected chi connectivity index (χ3v) is 11.5. The van der Waals surface area contributed by atoms with Crippen molar-refractivity contribution in [2.75, 3.05) is 65.0 Å². The lowest BCUT2D eigenvalue weighted by atomic mass is 9.80. The van der Waals surface area contributed by atoms with Crippen LogP contribution in [-0.4, -0.2) is 100 Å². The van der Waals surface area contributed by atoms with Gasteiger partial charge >= 0.3 is 11.9 Å². The second-order valence-corrected chi connectivity index (χ2v) is 15.9. The number of carbonyl (C=O) groups is 2. The quantitative estimate of drug-likeness (QED) is 0.0703. The van der Waals surface area contributed by atoms with E-state index in [-0.39, 0.29) is 30.0 Å². The molecule has 0 aromatic heterocycles. The third-order valence-electron chi connectivity index (χ3n) is 8.78. The number of benzene rings is 3. The maximum atomic E-state index is 13.7. The molecular weight excluding hydrogens is 717 g/mol. The largest absolute Gasteiger partial charge is 0.462 e. The fourth-order valence-electron chi connectivity index (χ4n) is 5.92. The van der Waals surface area contributed by atoms with Crippen LogP contribution in [0.5, 0.6) is 0 Å². The Morgan fingerprint density at radius 3 is 1.60 bits per heavy atom. The highest BCUT2D eigenvalue weighted by molar-refractivity contribution is 7.85. The second kappa shape index (κ2) is 20.7. The number of nitro benzene ring substituents is 1. The van der Waals surface area contributed by atoms with Crippen molar-refractivity contribution < 1.29 is 32.4 Å². The van der Waals surface area contributed by atoms with E-state index in [0.717, 1.165) is 9.79 Å². The van der Waals surface area contributed by atoms with Crippen molar-refractivity contribution in [1.29, 1.82) is 0 Å². The Labute approximate surface area is 316 Å². The van der Waals surface area contributed by atoms with E-state index in [1.54, 1.807) is 19.9 Å². The number of nitrogens with zero attached hydrogens (tertiary/aromatic N) is 3. The lowest BCUT2D eigenvalue weighted by Gasteiger charge is -2.30. The molecule has 0 saturated carbocycles.